The average Bonchev–Trinajstić information content (AvgIpc) is 2.64. The van der Waals surface area contributed by atoms with Crippen LogP contribution in [-0.2, 0) is 11.3 Å². The maximum Gasteiger partial charge on any atom is 0.245 e. The van der Waals surface area contributed by atoms with Crippen LogP contribution in [0.1, 0.15) is 17.2 Å². The molecule has 0 saturated carbocycles. The number of amides is 1. The second kappa shape index (κ2) is 8.25. The van der Waals surface area contributed by atoms with Gasteiger partial charge in [-0.25, -0.2) is 0 Å². The minimum absolute atomic E-state index is 0.192. The Morgan fingerprint density at radius 1 is 1.08 bits per heavy atom. The molecule has 1 saturated heterocycles. The van der Waals surface area contributed by atoms with Gasteiger partial charge in [0.05, 0.1) is 0 Å². The molecule has 0 radical (unpaired) electrons. The summed E-state index contributed by atoms with van der Waals surface area (Å²) in [5.41, 5.74) is 8.87. The SMILES string of the molecule is CN1CCN(Cc2cccc(NC(=O)C(N)c3ccccc3)c2)CC1. The van der Waals surface area contributed by atoms with Crippen molar-refractivity contribution < 1.29 is 4.79 Å². The van der Waals surface area contributed by atoms with E-state index in [4.69, 9.17) is 5.73 Å². The first-order valence-electron chi connectivity index (χ1n) is 8.73. The van der Waals surface area contributed by atoms with E-state index in [1.807, 2.05) is 48.5 Å². The lowest BCUT2D eigenvalue weighted by Crippen LogP contribution is -2.43. The van der Waals surface area contributed by atoms with Crippen LogP contribution >= 0.6 is 0 Å². The number of piperazine rings is 1. The minimum Gasteiger partial charge on any atom is -0.324 e. The lowest BCUT2D eigenvalue weighted by atomic mass is 10.1. The summed E-state index contributed by atoms with van der Waals surface area (Å²) in [7, 11) is 2.16. The maximum atomic E-state index is 12.4. The van der Waals surface area contributed by atoms with E-state index in [1.54, 1.807) is 0 Å². The first-order valence-corrected chi connectivity index (χ1v) is 8.73. The highest BCUT2D eigenvalue weighted by Gasteiger charge is 2.16. The topological polar surface area (TPSA) is 61.6 Å². The van der Waals surface area contributed by atoms with Gasteiger partial charge in [0.2, 0.25) is 5.91 Å². The highest BCUT2D eigenvalue weighted by Crippen LogP contribution is 2.16. The molecule has 0 bridgehead atoms. The third-order valence-electron chi connectivity index (χ3n) is 4.64. The molecular weight excluding hydrogens is 312 g/mol. The zero-order chi connectivity index (χ0) is 17.6. The quantitative estimate of drug-likeness (QED) is 0.876. The van der Waals surface area contributed by atoms with E-state index < -0.39 is 6.04 Å². The molecule has 0 aromatic heterocycles. The predicted octanol–water partition coefficient (Wildman–Crippen LogP) is 2.07. The standard InChI is InChI=1S/C20H26N4O/c1-23-10-12-24(13-11-23)15-16-6-5-9-18(14-16)22-20(25)19(21)17-7-3-2-4-8-17/h2-9,14,19H,10-13,15,21H2,1H3,(H,22,25). The zero-order valence-corrected chi connectivity index (χ0v) is 14.7. The molecule has 1 fully saturated rings. The van der Waals surface area contributed by atoms with Gasteiger partial charge < -0.3 is 16.0 Å². The van der Waals surface area contributed by atoms with Crippen molar-refractivity contribution in [3.8, 4) is 0 Å². The third kappa shape index (κ3) is 4.89. The molecule has 1 amide bonds. The Labute approximate surface area is 149 Å². The van der Waals surface area contributed by atoms with Crippen LogP contribution in [0.25, 0.3) is 0 Å². The summed E-state index contributed by atoms with van der Waals surface area (Å²) in [6, 6.07) is 16.8. The number of rotatable bonds is 5. The fourth-order valence-corrected chi connectivity index (χ4v) is 3.04. The fourth-order valence-electron chi connectivity index (χ4n) is 3.04. The number of nitrogens with one attached hydrogen (secondary N) is 1. The molecule has 25 heavy (non-hydrogen) atoms. The number of carbonyl (C=O) groups is 1. The fraction of sp³-hybridized carbons (Fsp3) is 0.350. The summed E-state index contributed by atoms with van der Waals surface area (Å²) in [6.45, 7) is 5.25. The van der Waals surface area contributed by atoms with Crippen molar-refractivity contribution in [2.75, 3.05) is 38.5 Å². The van der Waals surface area contributed by atoms with E-state index in [1.165, 1.54) is 5.56 Å². The molecule has 1 aliphatic heterocycles. The van der Waals surface area contributed by atoms with Gasteiger partial charge in [0.15, 0.2) is 0 Å². The molecule has 1 aliphatic rings. The lowest BCUT2D eigenvalue weighted by Gasteiger charge is -2.32. The van der Waals surface area contributed by atoms with Gasteiger partial charge >= 0.3 is 0 Å². The smallest absolute Gasteiger partial charge is 0.245 e. The van der Waals surface area contributed by atoms with Crippen LogP contribution in [0.2, 0.25) is 0 Å². The molecule has 3 N–H and O–H groups in total. The van der Waals surface area contributed by atoms with Crippen molar-refractivity contribution in [3.63, 3.8) is 0 Å². The van der Waals surface area contributed by atoms with Crippen LogP contribution < -0.4 is 11.1 Å². The monoisotopic (exact) mass is 338 g/mol. The Hall–Kier alpha value is -2.21. The van der Waals surface area contributed by atoms with Gasteiger partial charge in [0, 0.05) is 38.4 Å². The highest BCUT2D eigenvalue weighted by molar-refractivity contribution is 5.95. The molecule has 1 atom stereocenters. The normalized spacial score (nSPS) is 17.2. The van der Waals surface area contributed by atoms with E-state index >= 15 is 0 Å². The second-order valence-corrected chi connectivity index (χ2v) is 6.66. The Morgan fingerprint density at radius 3 is 2.52 bits per heavy atom. The number of likely N-dealkylation sites (N-methyl/N-ethyl adjacent to an activating group) is 1. The molecule has 2 aromatic rings. The largest absolute Gasteiger partial charge is 0.324 e. The van der Waals surface area contributed by atoms with Crippen molar-refractivity contribution in [3.05, 3.63) is 65.7 Å². The number of hydrogen-bond donors (Lipinski definition) is 2. The van der Waals surface area contributed by atoms with Crippen LogP contribution in [-0.4, -0.2) is 48.9 Å². The zero-order valence-electron chi connectivity index (χ0n) is 14.7. The molecule has 2 aromatic carbocycles. The maximum absolute atomic E-state index is 12.4. The van der Waals surface area contributed by atoms with Crippen molar-refractivity contribution in [2.45, 2.75) is 12.6 Å². The van der Waals surface area contributed by atoms with E-state index in [0.29, 0.717) is 0 Å². The number of nitrogens with two attached hydrogens (primary N) is 1. The molecule has 1 unspecified atom stereocenters. The number of hydrogen-bond acceptors (Lipinski definition) is 4. The van der Waals surface area contributed by atoms with Gasteiger partial charge in [0.1, 0.15) is 6.04 Å². The molecule has 5 nitrogen and oxygen atoms in total. The number of carbonyl (C=O) groups excluding carboxylic acids is 1. The minimum atomic E-state index is -0.664. The van der Waals surface area contributed by atoms with E-state index in [-0.39, 0.29) is 5.91 Å². The van der Waals surface area contributed by atoms with E-state index in [0.717, 1.165) is 44.0 Å². The third-order valence-corrected chi connectivity index (χ3v) is 4.64. The molecule has 1 heterocycles. The summed E-state index contributed by atoms with van der Waals surface area (Å²) in [4.78, 5) is 17.2. The Balaban J connectivity index is 1.60. The van der Waals surface area contributed by atoms with Crippen LogP contribution in [0.4, 0.5) is 5.69 Å². The summed E-state index contributed by atoms with van der Waals surface area (Å²) >= 11 is 0. The van der Waals surface area contributed by atoms with Crippen molar-refractivity contribution >= 4 is 11.6 Å². The molecular formula is C20H26N4O. The van der Waals surface area contributed by atoms with Gasteiger partial charge in [-0.05, 0) is 30.3 Å². The average molecular weight is 338 g/mol. The van der Waals surface area contributed by atoms with Crippen LogP contribution in [0.3, 0.4) is 0 Å². The Morgan fingerprint density at radius 2 is 1.80 bits per heavy atom. The van der Waals surface area contributed by atoms with E-state index in [9.17, 15) is 4.79 Å². The van der Waals surface area contributed by atoms with Gasteiger partial charge in [0.25, 0.3) is 0 Å². The van der Waals surface area contributed by atoms with Gasteiger partial charge in [-0.2, -0.15) is 0 Å². The van der Waals surface area contributed by atoms with Crippen LogP contribution in [0.15, 0.2) is 54.6 Å². The summed E-state index contributed by atoms with van der Waals surface area (Å²) in [5, 5.41) is 2.93. The second-order valence-electron chi connectivity index (χ2n) is 6.66. The van der Waals surface area contributed by atoms with Gasteiger partial charge in [-0.15, -0.1) is 0 Å². The molecule has 132 valence electrons. The predicted molar refractivity (Wildman–Crippen MR) is 101 cm³/mol. The van der Waals surface area contributed by atoms with Crippen molar-refractivity contribution in [1.82, 2.24) is 9.80 Å². The van der Waals surface area contributed by atoms with Gasteiger partial charge in [-0.3, -0.25) is 9.69 Å². The summed E-state index contributed by atoms with van der Waals surface area (Å²) in [5.74, 6) is -0.192. The number of anilines is 1. The molecule has 0 spiro atoms. The Kier molecular flexibility index (Phi) is 5.81. The molecule has 5 heteroatoms. The Bertz CT molecular complexity index is 696. The number of nitrogens with zero attached hydrogens (tertiary/aromatic N) is 2. The van der Waals surface area contributed by atoms with Crippen molar-refractivity contribution in [1.29, 1.82) is 0 Å². The van der Waals surface area contributed by atoms with E-state index in [2.05, 4.69) is 28.2 Å². The highest BCUT2D eigenvalue weighted by atomic mass is 16.2. The summed E-state index contributed by atoms with van der Waals surface area (Å²) in [6.07, 6.45) is 0. The molecule has 0 aliphatic carbocycles. The van der Waals surface area contributed by atoms with Gasteiger partial charge in [-0.1, -0.05) is 42.5 Å². The summed E-state index contributed by atoms with van der Waals surface area (Å²) < 4.78 is 0. The molecule has 3 rings (SSSR count). The van der Waals surface area contributed by atoms with Crippen LogP contribution in [0, 0.1) is 0 Å². The lowest BCUT2D eigenvalue weighted by molar-refractivity contribution is -0.117. The first-order chi connectivity index (χ1) is 12.1. The number of benzene rings is 2. The van der Waals surface area contributed by atoms with Crippen LogP contribution in [0.5, 0.6) is 0 Å². The van der Waals surface area contributed by atoms with Crippen molar-refractivity contribution in [2.24, 2.45) is 5.73 Å². The first kappa shape index (κ1) is 17.6.